The molecular weight excluding hydrogens is 190 g/mol. The second kappa shape index (κ2) is 3.47. The maximum atomic E-state index is 5.92. The summed E-state index contributed by atoms with van der Waals surface area (Å²) in [7, 11) is 1.71. The molecule has 1 aromatic heterocycles. The van der Waals surface area contributed by atoms with Gasteiger partial charge in [0.25, 0.3) is 0 Å². The summed E-state index contributed by atoms with van der Waals surface area (Å²) < 4.78 is 5.15. The predicted octanol–water partition coefficient (Wildman–Crippen LogP) is 0.965. The van der Waals surface area contributed by atoms with Crippen LogP contribution in [0, 0.1) is 0 Å². The summed E-state index contributed by atoms with van der Waals surface area (Å²) in [4.78, 5) is 9.99. The van der Waals surface area contributed by atoms with Gasteiger partial charge in [-0.2, -0.15) is 0 Å². The SMILES string of the molecule is COC1CN(c2ncncc2Cl)C1. The van der Waals surface area contributed by atoms with Crippen LogP contribution in [0.4, 0.5) is 5.82 Å². The van der Waals surface area contributed by atoms with Gasteiger partial charge in [-0.25, -0.2) is 9.97 Å². The highest BCUT2D eigenvalue weighted by atomic mass is 35.5. The van der Waals surface area contributed by atoms with Gasteiger partial charge in [0, 0.05) is 20.2 Å². The lowest BCUT2D eigenvalue weighted by Crippen LogP contribution is -2.52. The van der Waals surface area contributed by atoms with Gasteiger partial charge in [-0.3, -0.25) is 0 Å². The summed E-state index contributed by atoms with van der Waals surface area (Å²) in [6, 6.07) is 0. The zero-order chi connectivity index (χ0) is 9.26. The molecule has 0 radical (unpaired) electrons. The molecule has 5 heteroatoms. The molecule has 1 aliphatic heterocycles. The highest BCUT2D eigenvalue weighted by Gasteiger charge is 2.28. The van der Waals surface area contributed by atoms with Crippen LogP contribution in [-0.4, -0.2) is 36.3 Å². The summed E-state index contributed by atoms with van der Waals surface area (Å²) in [5, 5.41) is 0.594. The number of hydrogen-bond acceptors (Lipinski definition) is 4. The largest absolute Gasteiger partial charge is 0.378 e. The lowest BCUT2D eigenvalue weighted by atomic mass is 10.2. The number of aromatic nitrogens is 2. The van der Waals surface area contributed by atoms with Crippen molar-refractivity contribution in [2.75, 3.05) is 25.1 Å². The minimum atomic E-state index is 0.311. The molecule has 0 aromatic carbocycles. The van der Waals surface area contributed by atoms with Crippen molar-refractivity contribution in [3.05, 3.63) is 17.5 Å². The van der Waals surface area contributed by atoms with Crippen LogP contribution in [-0.2, 0) is 4.74 Å². The van der Waals surface area contributed by atoms with Crippen LogP contribution in [0.1, 0.15) is 0 Å². The van der Waals surface area contributed by atoms with Gasteiger partial charge in [0.05, 0.1) is 12.3 Å². The summed E-state index contributed by atoms with van der Waals surface area (Å²) in [6.07, 6.45) is 3.41. The Hall–Kier alpha value is -0.870. The van der Waals surface area contributed by atoms with Crippen molar-refractivity contribution in [1.29, 1.82) is 0 Å². The van der Waals surface area contributed by atoms with Gasteiger partial charge in [0.15, 0.2) is 5.82 Å². The summed E-state index contributed by atoms with van der Waals surface area (Å²) in [5.41, 5.74) is 0. The van der Waals surface area contributed by atoms with E-state index < -0.39 is 0 Å². The molecule has 13 heavy (non-hydrogen) atoms. The van der Waals surface area contributed by atoms with Crippen molar-refractivity contribution < 1.29 is 4.74 Å². The molecule has 0 spiro atoms. The molecule has 0 N–H and O–H groups in total. The number of hydrogen-bond donors (Lipinski definition) is 0. The fraction of sp³-hybridized carbons (Fsp3) is 0.500. The topological polar surface area (TPSA) is 38.2 Å². The number of rotatable bonds is 2. The van der Waals surface area contributed by atoms with Crippen molar-refractivity contribution in [2.24, 2.45) is 0 Å². The maximum absolute atomic E-state index is 5.92. The van der Waals surface area contributed by atoms with Crippen LogP contribution >= 0.6 is 11.6 Å². The molecule has 4 nitrogen and oxygen atoms in total. The fourth-order valence-electron chi connectivity index (χ4n) is 1.30. The lowest BCUT2D eigenvalue weighted by Gasteiger charge is -2.39. The van der Waals surface area contributed by atoms with E-state index in [1.807, 2.05) is 0 Å². The molecule has 1 fully saturated rings. The fourth-order valence-corrected chi connectivity index (χ4v) is 1.52. The second-order valence-electron chi connectivity index (χ2n) is 2.96. The van der Waals surface area contributed by atoms with Crippen molar-refractivity contribution in [3.63, 3.8) is 0 Å². The first-order valence-electron chi connectivity index (χ1n) is 4.04. The van der Waals surface area contributed by atoms with E-state index in [4.69, 9.17) is 16.3 Å². The molecule has 1 saturated heterocycles. The van der Waals surface area contributed by atoms with Crippen LogP contribution in [0.2, 0.25) is 5.02 Å². The number of halogens is 1. The van der Waals surface area contributed by atoms with Crippen LogP contribution in [0.3, 0.4) is 0 Å². The van der Waals surface area contributed by atoms with E-state index in [0.717, 1.165) is 18.9 Å². The van der Waals surface area contributed by atoms with Crippen LogP contribution < -0.4 is 4.90 Å². The molecule has 0 aliphatic carbocycles. The van der Waals surface area contributed by atoms with Gasteiger partial charge >= 0.3 is 0 Å². The molecule has 2 rings (SSSR count). The monoisotopic (exact) mass is 199 g/mol. The third-order valence-corrected chi connectivity index (χ3v) is 2.40. The average Bonchev–Trinajstić information content (AvgIpc) is 2.06. The number of nitrogens with zero attached hydrogens (tertiary/aromatic N) is 3. The number of methoxy groups -OCH3 is 1. The van der Waals surface area contributed by atoms with Gasteiger partial charge < -0.3 is 9.64 Å². The van der Waals surface area contributed by atoms with E-state index in [0.29, 0.717) is 11.1 Å². The highest BCUT2D eigenvalue weighted by molar-refractivity contribution is 6.32. The molecule has 1 aliphatic rings. The normalized spacial score (nSPS) is 17.2. The molecule has 2 heterocycles. The standard InChI is InChI=1S/C8H10ClN3O/c1-13-6-3-12(4-6)8-7(9)2-10-5-11-8/h2,5-6H,3-4H2,1H3. The zero-order valence-electron chi connectivity index (χ0n) is 7.27. The molecule has 0 bridgehead atoms. The third kappa shape index (κ3) is 1.59. The minimum absolute atomic E-state index is 0.311. The van der Waals surface area contributed by atoms with Gasteiger partial charge in [-0.15, -0.1) is 0 Å². The Morgan fingerprint density at radius 3 is 3.00 bits per heavy atom. The smallest absolute Gasteiger partial charge is 0.151 e. The predicted molar refractivity (Wildman–Crippen MR) is 50.1 cm³/mol. The summed E-state index contributed by atoms with van der Waals surface area (Å²) in [6.45, 7) is 1.71. The molecule has 70 valence electrons. The minimum Gasteiger partial charge on any atom is -0.378 e. The Kier molecular flexibility index (Phi) is 2.33. The lowest BCUT2D eigenvalue weighted by molar-refractivity contribution is 0.0783. The molecule has 0 amide bonds. The van der Waals surface area contributed by atoms with Crippen LogP contribution in [0.25, 0.3) is 0 Å². The summed E-state index contributed by atoms with van der Waals surface area (Å²) in [5.74, 6) is 0.796. The van der Waals surface area contributed by atoms with Gasteiger partial charge in [0.2, 0.25) is 0 Å². The maximum Gasteiger partial charge on any atom is 0.151 e. The van der Waals surface area contributed by atoms with E-state index in [1.54, 1.807) is 13.3 Å². The van der Waals surface area contributed by atoms with Crippen molar-refractivity contribution in [2.45, 2.75) is 6.10 Å². The van der Waals surface area contributed by atoms with Gasteiger partial charge in [0.1, 0.15) is 11.3 Å². The van der Waals surface area contributed by atoms with E-state index in [2.05, 4.69) is 14.9 Å². The van der Waals surface area contributed by atoms with Crippen molar-refractivity contribution in [1.82, 2.24) is 9.97 Å². The number of ether oxygens (including phenoxy) is 1. The van der Waals surface area contributed by atoms with Crippen LogP contribution in [0.15, 0.2) is 12.5 Å². The Morgan fingerprint density at radius 1 is 1.62 bits per heavy atom. The van der Waals surface area contributed by atoms with Gasteiger partial charge in [-0.05, 0) is 0 Å². The zero-order valence-corrected chi connectivity index (χ0v) is 8.03. The molecule has 0 atom stereocenters. The van der Waals surface area contributed by atoms with Crippen molar-refractivity contribution >= 4 is 17.4 Å². The Labute approximate surface area is 81.5 Å². The number of anilines is 1. The van der Waals surface area contributed by atoms with E-state index >= 15 is 0 Å². The molecule has 0 unspecified atom stereocenters. The van der Waals surface area contributed by atoms with E-state index in [9.17, 15) is 0 Å². The first-order valence-corrected chi connectivity index (χ1v) is 4.42. The second-order valence-corrected chi connectivity index (χ2v) is 3.36. The van der Waals surface area contributed by atoms with E-state index in [1.165, 1.54) is 6.33 Å². The Balaban J connectivity index is 2.07. The van der Waals surface area contributed by atoms with Crippen molar-refractivity contribution in [3.8, 4) is 0 Å². The average molecular weight is 200 g/mol. The molecular formula is C8H10ClN3O. The van der Waals surface area contributed by atoms with E-state index in [-0.39, 0.29) is 0 Å². The quantitative estimate of drug-likeness (QED) is 0.712. The Morgan fingerprint density at radius 2 is 2.38 bits per heavy atom. The first kappa shape index (κ1) is 8.72. The molecule has 1 aromatic rings. The summed E-state index contributed by atoms with van der Waals surface area (Å²) >= 11 is 5.92. The molecule has 0 saturated carbocycles. The first-order chi connectivity index (χ1) is 6.31. The third-order valence-electron chi connectivity index (χ3n) is 2.13. The Bertz CT molecular complexity index is 301. The highest BCUT2D eigenvalue weighted by Crippen LogP contribution is 2.26. The van der Waals surface area contributed by atoms with Gasteiger partial charge in [-0.1, -0.05) is 11.6 Å². The van der Waals surface area contributed by atoms with Crippen LogP contribution in [0.5, 0.6) is 0 Å².